The molecular formula is C22H31N3O9. The number of hydrogen-bond acceptors (Lipinski definition) is 8. The average molecular weight is 482 g/mol. The van der Waals surface area contributed by atoms with Crippen LogP contribution < -0.4 is 10.1 Å². The zero-order valence-electron chi connectivity index (χ0n) is 20.1. The summed E-state index contributed by atoms with van der Waals surface area (Å²) in [4.78, 5) is 53.7. The summed E-state index contributed by atoms with van der Waals surface area (Å²) >= 11 is 0. The number of alkyl carbamates (subject to hydrolysis) is 1. The molecule has 188 valence electrons. The maximum atomic E-state index is 12.6. The molecule has 2 atom stereocenters. The largest absolute Gasteiger partial charge is 0.480 e. The molecule has 1 aliphatic heterocycles. The number of carboxylic acids is 2. The molecule has 12 heteroatoms. The minimum absolute atomic E-state index is 0.0103. The highest BCUT2D eigenvalue weighted by Crippen LogP contribution is 2.35. The van der Waals surface area contributed by atoms with E-state index in [1.165, 1.54) is 18.3 Å². The second-order valence-corrected chi connectivity index (χ2v) is 9.87. The van der Waals surface area contributed by atoms with Crippen LogP contribution in [0, 0.1) is 0 Å². The number of aliphatic carboxylic acids is 2. The lowest BCUT2D eigenvalue weighted by atomic mass is 10.00. The maximum absolute atomic E-state index is 12.6. The van der Waals surface area contributed by atoms with Crippen LogP contribution in [-0.4, -0.2) is 73.6 Å². The van der Waals surface area contributed by atoms with Gasteiger partial charge in [-0.1, -0.05) is 0 Å². The summed E-state index contributed by atoms with van der Waals surface area (Å²) in [5.41, 5.74) is -3.53. The standard InChI is InChI=1S/C22H31N3O9/c1-20(2,3)33-18(30)24-11-13-15(8-7-9-23-13)32-22(17(28)29)10-14(16(26)27)25(12-22)19(31)34-21(4,5)6/h7-9,14H,10-12H2,1-6H3,(H,24,30)(H,26,27)(H,28,29)/t14-,22+/m0/s1. The number of carbonyl (C=O) groups is 4. The van der Waals surface area contributed by atoms with Gasteiger partial charge in [0.2, 0.25) is 5.60 Å². The number of aromatic nitrogens is 1. The Labute approximate surface area is 197 Å². The lowest BCUT2D eigenvalue weighted by molar-refractivity contribution is -0.154. The van der Waals surface area contributed by atoms with Crippen LogP contribution in [0.2, 0.25) is 0 Å². The van der Waals surface area contributed by atoms with Crippen LogP contribution in [0.5, 0.6) is 5.75 Å². The Morgan fingerprint density at radius 1 is 1.12 bits per heavy atom. The van der Waals surface area contributed by atoms with E-state index in [1.807, 2.05) is 0 Å². The lowest BCUT2D eigenvalue weighted by Crippen LogP contribution is -2.48. The van der Waals surface area contributed by atoms with Gasteiger partial charge < -0.3 is 29.7 Å². The summed E-state index contributed by atoms with van der Waals surface area (Å²) in [6, 6.07) is 1.46. The first kappa shape index (κ1) is 26.7. The molecule has 12 nitrogen and oxygen atoms in total. The summed E-state index contributed by atoms with van der Waals surface area (Å²) in [5, 5.41) is 22.1. The van der Waals surface area contributed by atoms with Crippen LogP contribution in [0.4, 0.5) is 9.59 Å². The highest BCUT2D eigenvalue weighted by Gasteiger charge is 2.57. The van der Waals surface area contributed by atoms with E-state index in [4.69, 9.17) is 14.2 Å². The topological polar surface area (TPSA) is 165 Å². The molecule has 0 spiro atoms. The number of carbonyl (C=O) groups excluding carboxylic acids is 2. The smallest absolute Gasteiger partial charge is 0.411 e. The Balaban J connectivity index is 2.29. The van der Waals surface area contributed by atoms with Crippen LogP contribution in [0.3, 0.4) is 0 Å². The van der Waals surface area contributed by atoms with Crippen LogP contribution in [0.1, 0.15) is 53.7 Å². The van der Waals surface area contributed by atoms with Gasteiger partial charge in [-0.15, -0.1) is 0 Å². The van der Waals surface area contributed by atoms with Crippen molar-refractivity contribution in [1.29, 1.82) is 0 Å². The van der Waals surface area contributed by atoms with Crippen molar-refractivity contribution in [2.75, 3.05) is 6.54 Å². The summed E-state index contributed by atoms with van der Waals surface area (Å²) in [6.07, 6.45) is -0.775. The molecular weight excluding hydrogens is 450 g/mol. The summed E-state index contributed by atoms with van der Waals surface area (Å²) < 4.78 is 16.2. The third kappa shape index (κ3) is 6.96. The number of nitrogens with one attached hydrogen (secondary N) is 1. The fourth-order valence-corrected chi connectivity index (χ4v) is 3.21. The second-order valence-electron chi connectivity index (χ2n) is 9.87. The van der Waals surface area contributed by atoms with E-state index >= 15 is 0 Å². The molecule has 1 saturated heterocycles. The van der Waals surface area contributed by atoms with E-state index < -0.39 is 59.9 Å². The molecule has 0 bridgehead atoms. The van der Waals surface area contributed by atoms with Gasteiger partial charge >= 0.3 is 24.1 Å². The Hall–Kier alpha value is -3.57. The molecule has 2 heterocycles. The first-order valence-electron chi connectivity index (χ1n) is 10.6. The van der Waals surface area contributed by atoms with Crippen molar-refractivity contribution in [2.24, 2.45) is 0 Å². The third-order valence-corrected chi connectivity index (χ3v) is 4.58. The number of amides is 2. The van der Waals surface area contributed by atoms with E-state index in [9.17, 15) is 29.4 Å². The quantitative estimate of drug-likeness (QED) is 0.549. The Morgan fingerprint density at radius 2 is 1.74 bits per heavy atom. The van der Waals surface area contributed by atoms with Crippen LogP contribution in [0.25, 0.3) is 0 Å². The van der Waals surface area contributed by atoms with E-state index in [1.54, 1.807) is 41.5 Å². The molecule has 2 amide bonds. The summed E-state index contributed by atoms with van der Waals surface area (Å²) in [6.45, 7) is 9.22. The van der Waals surface area contributed by atoms with Crippen LogP contribution >= 0.6 is 0 Å². The predicted octanol–water partition coefficient (Wildman–Crippen LogP) is 2.40. The van der Waals surface area contributed by atoms with Gasteiger partial charge in [0.25, 0.3) is 0 Å². The summed E-state index contributed by atoms with van der Waals surface area (Å²) in [7, 11) is 0. The molecule has 34 heavy (non-hydrogen) atoms. The Bertz CT molecular complexity index is 952. The Morgan fingerprint density at radius 3 is 2.26 bits per heavy atom. The number of carboxylic acid groups (broad SMARTS) is 2. The SMILES string of the molecule is CC(C)(C)OC(=O)NCc1ncccc1O[C@]1(C(=O)O)C[C@@H](C(=O)O)N(C(=O)OC(C)(C)C)C1. The number of rotatable bonds is 6. The van der Waals surface area contributed by atoms with Gasteiger partial charge in [-0.3, -0.25) is 9.88 Å². The molecule has 0 aromatic carbocycles. The highest BCUT2D eigenvalue weighted by molar-refractivity contribution is 5.87. The van der Waals surface area contributed by atoms with Gasteiger partial charge in [-0.25, -0.2) is 19.2 Å². The number of ether oxygens (including phenoxy) is 3. The normalized spacial score (nSPS) is 20.4. The maximum Gasteiger partial charge on any atom is 0.411 e. The van der Waals surface area contributed by atoms with Gasteiger partial charge in [0.05, 0.1) is 13.1 Å². The molecule has 1 aliphatic rings. The first-order valence-corrected chi connectivity index (χ1v) is 10.6. The first-order chi connectivity index (χ1) is 15.5. The fraction of sp³-hybridized carbons (Fsp3) is 0.591. The fourth-order valence-electron chi connectivity index (χ4n) is 3.21. The molecule has 0 unspecified atom stereocenters. The van der Waals surface area contributed by atoms with E-state index in [-0.39, 0.29) is 18.0 Å². The van der Waals surface area contributed by atoms with E-state index in [0.717, 1.165) is 4.90 Å². The predicted molar refractivity (Wildman–Crippen MR) is 117 cm³/mol. The minimum atomic E-state index is -2.08. The van der Waals surface area contributed by atoms with Gasteiger partial charge in [-0.05, 0) is 53.7 Å². The zero-order valence-corrected chi connectivity index (χ0v) is 20.1. The number of pyridine rings is 1. The van der Waals surface area contributed by atoms with Crippen LogP contribution in [-0.2, 0) is 25.6 Å². The summed E-state index contributed by atoms with van der Waals surface area (Å²) in [5.74, 6) is -2.84. The van der Waals surface area contributed by atoms with Crippen LogP contribution in [0.15, 0.2) is 18.3 Å². The highest BCUT2D eigenvalue weighted by atomic mass is 16.6. The van der Waals surface area contributed by atoms with Crippen molar-refractivity contribution in [2.45, 2.75) is 77.4 Å². The van der Waals surface area contributed by atoms with Crippen molar-refractivity contribution in [1.82, 2.24) is 15.2 Å². The number of likely N-dealkylation sites (tertiary alicyclic amines) is 1. The van der Waals surface area contributed by atoms with E-state index in [2.05, 4.69) is 10.3 Å². The molecule has 3 N–H and O–H groups in total. The van der Waals surface area contributed by atoms with Crippen molar-refractivity contribution in [3.63, 3.8) is 0 Å². The van der Waals surface area contributed by atoms with Crippen molar-refractivity contribution in [3.8, 4) is 5.75 Å². The van der Waals surface area contributed by atoms with Crippen molar-refractivity contribution >= 4 is 24.1 Å². The molecule has 0 radical (unpaired) electrons. The Kier molecular flexibility index (Phi) is 7.64. The number of nitrogens with zero attached hydrogens (tertiary/aromatic N) is 2. The molecule has 0 aliphatic carbocycles. The van der Waals surface area contributed by atoms with Gasteiger partial charge in [0.15, 0.2) is 0 Å². The van der Waals surface area contributed by atoms with Gasteiger partial charge in [-0.2, -0.15) is 0 Å². The van der Waals surface area contributed by atoms with E-state index in [0.29, 0.717) is 0 Å². The van der Waals surface area contributed by atoms with Gasteiger partial charge in [0, 0.05) is 12.6 Å². The van der Waals surface area contributed by atoms with Crippen molar-refractivity contribution in [3.05, 3.63) is 24.0 Å². The molecule has 1 aromatic heterocycles. The number of hydrogen-bond donors (Lipinski definition) is 3. The monoisotopic (exact) mass is 481 g/mol. The molecule has 1 aromatic rings. The second kappa shape index (κ2) is 9.74. The molecule has 1 fully saturated rings. The third-order valence-electron chi connectivity index (χ3n) is 4.58. The zero-order chi connectivity index (χ0) is 25.9. The average Bonchev–Trinajstić information content (AvgIpc) is 3.06. The molecule has 0 saturated carbocycles. The van der Waals surface area contributed by atoms with Crippen molar-refractivity contribution < 1.29 is 43.6 Å². The minimum Gasteiger partial charge on any atom is -0.480 e. The lowest BCUT2D eigenvalue weighted by Gasteiger charge is -2.28. The van der Waals surface area contributed by atoms with Gasteiger partial charge in [0.1, 0.15) is 28.7 Å². The molecule has 2 rings (SSSR count).